The van der Waals surface area contributed by atoms with E-state index in [-0.39, 0.29) is 11.8 Å². The van der Waals surface area contributed by atoms with E-state index >= 15 is 0 Å². The van der Waals surface area contributed by atoms with Crippen molar-refractivity contribution in [3.05, 3.63) is 28.3 Å². The molecule has 4 heteroatoms. The van der Waals surface area contributed by atoms with Gasteiger partial charge in [0.1, 0.15) is 0 Å². The van der Waals surface area contributed by atoms with Gasteiger partial charge in [0, 0.05) is 29.6 Å². The van der Waals surface area contributed by atoms with Crippen LogP contribution in [0.4, 0.5) is 5.69 Å². The molecule has 0 bridgehead atoms. The largest absolute Gasteiger partial charge is 0.312 e. The Bertz CT molecular complexity index is 459. The molecule has 1 atom stereocenters. The fourth-order valence-electron chi connectivity index (χ4n) is 2.17. The highest BCUT2D eigenvalue weighted by Gasteiger charge is 2.30. The molecule has 1 aromatic carbocycles. The van der Waals surface area contributed by atoms with E-state index in [1.807, 2.05) is 30.9 Å². The quantitative estimate of drug-likeness (QED) is 0.754. The summed E-state index contributed by atoms with van der Waals surface area (Å²) in [6.07, 6.45) is 0.546. The van der Waals surface area contributed by atoms with Gasteiger partial charge in [-0.25, -0.2) is 0 Å². The van der Waals surface area contributed by atoms with Gasteiger partial charge in [0.15, 0.2) is 0 Å². The van der Waals surface area contributed by atoms with E-state index in [0.717, 1.165) is 21.8 Å². The Morgan fingerprint density at radius 2 is 2.06 bits per heavy atom. The topological polar surface area (TPSA) is 20.3 Å². The first-order valence-corrected chi connectivity index (χ1v) is 6.57. The van der Waals surface area contributed by atoms with Crippen molar-refractivity contribution < 1.29 is 4.79 Å². The van der Waals surface area contributed by atoms with Crippen LogP contribution >= 0.6 is 23.2 Å². The first-order valence-electron chi connectivity index (χ1n) is 5.66. The van der Waals surface area contributed by atoms with Crippen molar-refractivity contribution >= 4 is 34.8 Å². The van der Waals surface area contributed by atoms with Gasteiger partial charge in [0.2, 0.25) is 5.91 Å². The minimum Gasteiger partial charge on any atom is -0.312 e. The smallest absolute Gasteiger partial charge is 0.227 e. The molecule has 1 heterocycles. The molecule has 1 unspecified atom stereocenters. The van der Waals surface area contributed by atoms with E-state index in [1.54, 1.807) is 0 Å². The number of rotatable bonds is 2. The third kappa shape index (κ3) is 2.43. The van der Waals surface area contributed by atoms with Crippen LogP contribution in [0.3, 0.4) is 0 Å². The summed E-state index contributed by atoms with van der Waals surface area (Å²) >= 11 is 11.9. The van der Waals surface area contributed by atoms with Crippen molar-refractivity contribution in [2.45, 2.75) is 20.3 Å². The van der Waals surface area contributed by atoms with E-state index in [2.05, 4.69) is 0 Å². The summed E-state index contributed by atoms with van der Waals surface area (Å²) in [7, 11) is 0. The van der Waals surface area contributed by atoms with Crippen LogP contribution in [0.25, 0.3) is 0 Å². The lowest BCUT2D eigenvalue weighted by atomic mass is 10.1. The number of benzene rings is 1. The lowest BCUT2D eigenvalue weighted by molar-refractivity contribution is -0.117. The second-order valence-electron chi connectivity index (χ2n) is 4.62. The number of carbonyl (C=O) groups excluding carboxylic acids is 1. The molecule has 0 aliphatic carbocycles. The van der Waals surface area contributed by atoms with E-state index < -0.39 is 0 Å². The van der Waals surface area contributed by atoms with Crippen LogP contribution in [0, 0.1) is 19.8 Å². The number of aryl methyl sites for hydroxylation is 2. The SMILES string of the molecule is Cc1cc(N2CC(CCl)CC2=O)c(C)cc1Cl. The molecule has 1 aromatic rings. The fraction of sp³-hybridized carbons (Fsp3) is 0.462. The van der Waals surface area contributed by atoms with E-state index in [0.29, 0.717) is 18.8 Å². The van der Waals surface area contributed by atoms with Crippen molar-refractivity contribution in [1.82, 2.24) is 0 Å². The lowest BCUT2D eigenvalue weighted by Gasteiger charge is -2.20. The monoisotopic (exact) mass is 271 g/mol. The van der Waals surface area contributed by atoms with Crippen molar-refractivity contribution in [2.75, 3.05) is 17.3 Å². The van der Waals surface area contributed by atoms with E-state index in [1.165, 1.54) is 0 Å². The van der Waals surface area contributed by atoms with Crippen LogP contribution in [0.5, 0.6) is 0 Å². The third-order valence-corrected chi connectivity index (χ3v) is 4.03. The third-order valence-electron chi connectivity index (χ3n) is 3.19. The van der Waals surface area contributed by atoms with Crippen molar-refractivity contribution in [3.63, 3.8) is 0 Å². The Balaban J connectivity index is 2.35. The Kier molecular flexibility index (Phi) is 3.64. The highest BCUT2D eigenvalue weighted by Crippen LogP contribution is 2.31. The van der Waals surface area contributed by atoms with Crippen molar-refractivity contribution in [1.29, 1.82) is 0 Å². The Hall–Kier alpha value is -0.730. The number of carbonyl (C=O) groups is 1. The molecule has 0 spiro atoms. The summed E-state index contributed by atoms with van der Waals surface area (Å²) < 4.78 is 0. The molecule has 0 aromatic heterocycles. The molecule has 17 heavy (non-hydrogen) atoms. The molecule has 2 nitrogen and oxygen atoms in total. The summed E-state index contributed by atoms with van der Waals surface area (Å²) in [4.78, 5) is 13.8. The lowest BCUT2D eigenvalue weighted by Crippen LogP contribution is -2.25. The van der Waals surface area contributed by atoms with Crippen LogP contribution in [-0.2, 0) is 4.79 Å². The zero-order valence-electron chi connectivity index (χ0n) is 9.96. The molecule has 1 amide bonds. The highest BCUT2D eigenvalue weighted by molar-refractivity contribution is 6.31. The van der Waals surface area contributed by atoms with Gasteiger partial charge in [-0.05, 0) is 43.0 Å². The molecule has 1 saturated heterocycles. The second kappa shape index (κ2) is 4.87. The maximum absolute atomic E-state index is 11.9. The van der Waals surface area contributed by atoms with Gasteiger partial charge in [-0.15, -0.1) is 11.6 Å². The molecule has 1 fully saturated rings. The molecule has 2 rings (SSSR count). The zero-order chi connectivity index (χ0) is 12.6. The Morgan fingerprint density at radius 1 is 1.35 bits per heavy atom. The second-order valence-corrected chi connectivity index (χ2v) is 5.33. The summed E-state index contributed by atoms with van der Waals surface area (Å²) in [6, 6.07) is 3.89. The highest BCUT2D eigenvalue weighted by atomic mass is 35.5. The van der Waals surface area contributed by atoms with Gasteiger partial charge in [0.25, 0.3) is 0 Å². The van der Waals surface area contributed by atoms with E-state index in [4.69, 9.17) is 23.2 Å². The summed E-state index contributed by atoms with van der Waals surface area (Å²) in [5.74, 6) is 0.952. The first-order chi connectivity index (χ1) is 8.02. The fourth-order valence-corrected chi connectivity index (χ4v) is 2.60. The number of amides is 1. The summed E-state index contributed by atoms with van der Waals surface area (Å²) in [5, 5.41) is 0.742. The standard InChI is InChI=1S/C13H15Cl2NO/c1-8-4-12(9(2)3-11(8)15)16-7-10(6-14)5-13(16)17/h3-4,10H,5-7H2,1-2H3. The van der Waals surface area contributed by atoms with Gasteiger partial charge in [-0.1, -0.05) is 11.6 Å². The van der Waals surface area contributed by atoms with Crippen LogP contribution in [0.2, 0.25) is 5.02 Å². The number of hydrogen-bond acceptors (Lipinski definition) is 1. The summed E-state index contributed by atoms with van der Waals surface area (Å²) in [5.41, 5.74) is 2.99. The average Bonchev–Trinajstić information content (AvgIpc) is 2.65. The number of alkyl halides is 1. The maximum atomic E-state index is 11.9. The zero-order valence-corrected chi connectivity index (χ0v) is 11.5. The Labute approximate surface area is 112 Å². The molecule has 1 aliphatic rings. The van der Waals surface area contributed by atoms with Crippen molar-refractivity contribution in [2.24, 2.45) is 5.92 Å². The first kappa shape index (κ1) is 12.7. The summed E-state index contributed by atoms with van der Waals surface area (Å²) in [6.45, 7) is 4.64. The molecule has 1 aliphatic heterocycles. The van der Waals surface area contributed by atoms with Gasteiger partial charge in [0.05, 0.1) is 0 Å². The van der Waals surface area contributed by atoms with Crippen LogP contribution < -0.4 is 4.90 Å². The molecule has 0 saturated carbocycles. The van der Waals surface area contributed by atoms with Crippen LogP contribution in [-0.4, -0.2) is 18.3 Å². The average molecular weight is 272 g/mol. The molecular weight excluding hydrogens is 257 g/mol. The van der Waals surface area contributed by atoms with Crippen molar-refractivity contribution in [3.8, 4) is 0 Å². The van der Waals surface area contributed by atoms with Gasteiger partial charge < -0.3 is 4.90 Å². The van der Waals surface area contributed by atoms with Crippen LogP contribution in [0.15, 0.2) is 12.1 Å². The number of nitrogens with zero attached hydrogens (tertiary/aromatic N) is 1. The normalized spacial score (nSPS) is 20.1. The minimum absolute atomic E-state index is 0.153. The van der Waals surface area contributed by atoms with Gasteiger partial charge >= 0.3 is 0 Å². The minimum atomic E-state index is 0.153. The predicted molar refractivity (Wildman–Crippen MR) is 72.1 cm³/mol. The number of halogens is 2. The van der Waals surface area contributed by atoms with Gasteiger partial charge in [-0.2, -0.15) is 0 Å². The predicted octanol–water partition coefficient (Wildman–Crippen LogP) is 3.55. The maximum Gasteiger partial charge on any atom is 0.227 e. The van der Waals surface area contributed by atoms with E-state index in [9.17, 15) is 4.79 Å². The van der Waals surface area contributed by atoms with Crippen LogP contribution in [0.1, 0.15) is 17.5 Å². The Morgan fingerprint density at radius 3 is 2.65 bits per heavy atom. The molecule has 0 radical (unpaired) electrons. The molecule has 0 N–H and O–H groups in total. The number of hydrogen-bond donors (Lipinski definition) is 0. The molecular formula is C13H15Cl2NO. The molecule has 92 valence electrons. The van der Waals surface area contributed by atoms with Gasteiger partial charge in [-0.3, -0.25) is 4.79 Å². The number of anilines is 1.